The quantitative estimate of drug-likeness (QED) is 0.840. The van der Waals surface area contributed by atoms with Gasteiger partial charge in [-0.15, -0.1) is 12.4 Å². The highest BCUT2D eigenvalue weighted by molar-refractivity contribution is 9.10. The van der Waals surface area contributed by atoms with Gasteiger partial charge in [0.2, 0.25) is 0 Å². The van der Waals surface area contributed by atoms with Gasteiger partial charge in [0.15, 0.2) is 0 Å². The molecular weight excluding hydrogens is 344 g/mol. The van der Waals surface area contributed by atoms with E-state index in [2.05, 4.69) is 38.3 Å². The van der Waals surface area contributed by atoms with Crippen molar-refractivity contribution in [3.63, 3.8) is 0 Å². The second-order valence-corrected chi connectivity index (χ2v) is 5.56. The van der Waals surface area contributed by atoms with Crippen LogP contribution in [0.2, 0.25) is 0 Å². The minimum atomic E-state index is 0. The predicted octanol–water partition coefficient (Wildman–Crippen LogP) is 2.21. The maximum atomic E-state index is 9.32. The van der Waals surface area contributed by atoms with Crippen molar-refractivity contribution in [2.24, 2.45) is 0 Å². The molecule has 20 heavy (non-hydrogen) atoms. The van der Waals surface area contributed by atoms with Crippen LogP contribution in [0.5, 0.6) is 5.75 Å². The number of hydrogen-bond acceptors (Lipinski definition) is 4. The second-order valence-electron chi connectivity index (χ2n) is 4.71. The zero-order chi connectivity index (χ0) is 13.7. The second kappa shape index (κ2) is 8.85. The highest BCUT2D eigenvalue weighted by Crippen LogP contribution is 2.31. The largest absolute Gasteiger partial charge is 0.496 e. The van der Waals surface area contributed by atoms with E-state index in [0.717, 1.165) is 42.8 Å². The monoisotopic (exact) mass is 364 g/mol. The van der Waals surface area contributed by atoms with E-state index in [0.29, 0.717) is 0 Å². The third-order valence-corrected chi connectivity index (χ3v) is 4.18. The van der Waals surface area contributed by atoms with Gasteiger partial charge in [-0.3, -0.25) is 4.90 Å². The molecule has 0 aliphatic carbocycles. The standard InChI is InChI=1S/C14H21BrN2O2.ClH/c1-19-14-3-2-11(10-12(14)15)13(4-9-18)17-7-5-16-6-8-17;/h2-3,10,13,16,18H,4-9H2,1H3;1H/t13-;/m1./s1. The van der Waals surface area contributed by atoms with Gasteiger partial charge in [0.05, 0.1) is 11.6 Å². The number of aliphatic hydroxyl groups excluding tert-OH is 1. The summed E-state index contributed by atoms with van der Waals surface area (Å²) < 4.78 is 6.23. The number of nitrogens with one attached hydrogen (secondary N) is 1. The molecule has 0 aromatic heterocycles. The van der Waals surface area contributed by atoms with Crippen LogP contribution in [0, 0.1) is 0 Å². The Balaban J connectivity index is 0.00000200. The number of methoxy groups -OCH3 is 1. The molecule has 1 fully saturated rings. The Morgan fingerprint density at radius 3 is 2.65 bits per heavy atom. The number of rotatable bonds is 5. The molecule has 0 amide bonds. The average Bonchev–Trinajstić information content (AvgIpc) is 2.45. The van der Waals surface area contributed by atoms with Crippen LogP contribution in [0.1, 0.15) is 18.0 Å². The lowest BCUT2D eigenvalue weighted by atomic mass is 10.0. The number of aliphatic hydroxyl groups is 1. The third-order valence-electron chi connectivity index (χ3n) is 3.56. The summed E-state index contributed by atoms with van der Waals surface area (Å²) >= 11 is 3.53. The molecule has 1 atom stereocenters. The summed E-state index contributed by atoms with van der Waals surface area (Å²) in [6, 6.07) is 6.44. The Hall–Kier alpha value is -0.330. The fourth-order valence-corrected chi connectivity index (χ4v) is 3.12. The van der Waals surface area contributed by atoms with Gasteiger partial charge in [0.25, 0.3) is 0 Å². The SMILES string of the molecule is COc1ccc([C@@H](CCO)N2CCNCC2)cc1Br.Cl. The molecule has 0 spiro atoms. The van der Waals surface area contributed by atoms with Crippen molar-refractivity contribution in [2.45, 2.75) is 12.5 Å². The molecular formula is C14H22BrClN2O2. The maximum absolute atomic E-state index is 9.32. The van der Waals surface area contributed by atoms with Gasteiger partial charge in [-0.05, 0) is 40.0 Å². The topological polar surface area (TPSA) is 44.7 Å². The smallest absolute Gasteiger partial charge is 0.133 e. The first-order valence-corrected chi connectivity index (χ1v) is 7.44. The molecule has 2 rings (SSSR count). The molecule has 4 nitrogen and oxygen atoms in total. The van der Waals surface area contributed by atoms with Crippen LogP contribution < -0.4 is 10.1 Å². The van der Waals surface area contributed by atoms with Gasteiger partial charge in [-0.25, -0.2) is 0 Å². The number of halogens is 2. The van der Waals surface area contributed by atoms with Crippen molar-refractivity contribution in [2.75, 3.05) is 39.9 Å². The number of hydrogen-bond donors (Lipinski definition) is 2. The third kappa shape index (κ3) is 4.33. The van der Waals surface area contributed by atoms with Crippen LogP contribution >= 0.6 is 28.3 Å². The minimum Gasteiger partial charge on any atom is -0.496 e. The first kappa shape index (κ1) is 17.7. The van der Waals surface area contributed by atoms with E-state index in [1.54, 1.807) is 7.11 Å². The molecule has 1 heterocycles. The summed E-state index contributed by atoms with van der Waals surface area (Å²) in [5.74, 6) is 0.840. The van der Waals surface area contributed by atoms with Gasteiger partial charge in [0, 0.05) is 38.8 Å². The van der Waals surface area contributed by atoms with Gasteiger partial charge < -0.3 is 15.2 Å². The zero-order valence-electron chi connectivity index (χ0n) is 11.6. The van der Waals surface area contributed by atoms with Crippen molar-refractivity contribution >= 4 is 28.3 Å². The van der Waals surface area contributed by atoms with Crippen LogP contribution in [0.3, 0.4) is 0 Å². The molecule has 114 valence electrons. The Bertz CT molecular complexity index is 414. The number of benzene rings is 1. The molecule has 0 bridgehead atoms. The molecule has 1 aromatic rings. The number of nitrogens with zero attached hydrogens (tertiary/aromatic N) is 1. The Kier molecular flexibility index (Phi) is 7.84. The van der Waals surface area contributed by atoms with Crippen LogP contribution in [0.4, 0.5) is 0 Å². The molecule has 6 heteroatoms. The van der Waals surface area contributed by atoms with E-state index >= 15 is 0 Å². The average molecular weight is 366 g/mol. The van der Waals surface area contributed by atoms with Gasteiger partial charge in [0.1, 0.15) is 5.75 Å². The summed E-state index contributed by atoms with van der Waals surface area (Å²) in [5.41, 5.74) is 1.23. The van der Waals surface area contributed by atoms with Crippen molar-refractivity contribution in [1.29, 1.82) is 0 Å². The fraction of sp³-hybridized carbons (Fsp3) is 0.571. The molecule has 0 unspecified atom stereocenters. The van der Waals surface area contributed by atoms with E-state index in [-0.39, 0.29) is 25.1 Å². The number of piperazine rings is 1. The van der Waals surface area contributed by atoms with Crippen molar-refractivity contribution in [3.05, 3.63) is 28.2 Å². The van der Waals surface area contributed by atoms with Crippen molar-refractivity contribution in [1.82, 2.24) is 10.2 Å². The number of ether oxygens (including phenoxy) is 1. The molecule has 1 aliphatic heterocycles. The highest BCUT2D eigenvalue weighted by Gasteiger charge is 2.22. The van der Waals surface area contributed by atoms with Crippen molar-refractivity contribution in [3.8, 4) is 5.75 Å². The molecule has 1 saturated heterocycles. The predicted molar refractivity (Wildman–Crippen MR) is 86.8 cm³/mol. The summed E-state index contributed by atoms with van der Waals surface area (Å²) in [5, 5.41) is 12.7. The fourth-order valence-electron chi connectivity index (χ4n) is 2.57. The first-order valence-electron chi connectivity index (χ1n) is 6.65. The normalized spacial score (nSPS) is 17.4. The van der Waals surface area contributed by atoms with E-state index in [1.165, 1.54) is 5.56 Å². The van der Waals surface area contributed by atoms with E-state index < -0.39 is 0 Å². The highest BCUT2D eigenvalue weighted by atomic mass is 79.9. The first-order chi connectivity index (χ1) is 9.26. The lowest BCUT2D eigenvalue weighted by Gasteiger charge is -2.35. The minimum absolute atomic E-state index is 0. The van der Waals surface area contributed by atoms with E-state index in [4.69, 9.17) is 4.74 Å². The Morgan fingerprint density at radius 2 is 2.10 bits per heavy atom. The molecule has 0 saturated carbocycles. The van der Waals surface area contributed by atoms with Gasteiger partial charge in [-0.2, -0.15) is 0 Å². The summed E-state index contributed by atoms with van der Waals surface area (Å²) in [4.78, 5) is 2.43. The molecule has 1 aromatic carbocycles. The lowest BCUT2D eigenvalue weighted by Crippen LogP contribution is -2.45. The van der Waals surface area contributed by atoms with Crippen LogP contribution in [-0.4, -0.2) is 49.9 Å². The van der Waals surface area contributed by atoms with Crippen LogP contribution in [0.25, 0.3) is 0 Å². The van der Waals surface area contributed by atoms with Crippen LogP contribution in [0.15, 0.2) is 22.7 Å². The van der Waals surface area contributed by atoms with Gasteiger partial charge in [-0.1, -0.05) is 6.07 Å². The zero-order valence-corrected chi connectivity index (χ0v) is 14.0. The Labute approximate surface area is 135 Å². The molecule has 1 aliphatic rings. The van der Waals surface area contributed by atoms with Crippen molar-refractivity contribution < 1.29 is 9.84 Å². The molecule has 2 N–H and O–H groups in total. The summed E-state index contributed by atoms with van der Waals surface area (Å²) in [6.07, 6.45) is 0.763. The van der Waals surface area contributed by atoms with Crippen LogP contribution in [-0.2, 0) is 0 Å². The lowest BCUT2D eigenvalue weighted by molar-refractivity contribution is 0.141. The molecule has 0 radical (unpaired) electrons. The van der Waals surface area contributed by atoms with E-state index in [9.17, 15) is 5.11 Å². The maximum Gasteiger partial charge on any atom is 0.133 e. The van der Waals surface area contributed by atoms with E-state index in [1.807, 2.05) is 6.07 Å². The van der Waals surface area contributed by atoms with Gasteiger partial charge >= 0.3 is 0 Å². The summed E-state index contributed by atoms with van der Waals surface area (Å²) in [6.45, 7) is 4.28. The summed E-state index contributed by atoms with van der Waals surface area (Å²) in [7, 11) is 1.67. The Morgan fingerprint density at radius 1 is 1.40 bits per heavy atom.